The standard InChI is InChI=1S/C14H12N4O/c1-2-4-14(19-8-12-7-17-10-18-12)13(3-1)11-5-15-9-16-6-11/h1-7,9-10H,8H2,(H,17,18). The van der Waals surface area contributed by atoms with E-state index in [0.29, 0.717) is 6.61 Å². The Labute approximate surface area is 110 Å². The first-order chi connectivity index (χ1) is 9.43. The fourth-order valence-electron chi connectivity index (χ4n) is 1.79. The van der Waals surface area contributed by atoms with Gasteiger partial charge in [-0.2, -0.15) is 0 Å². The Bertz CT molecular complexity index is 638. The largest absolute Gasteiger partial charge is 0.487 e. The maximum atomic E-state index is 5.81. The van der Waals surface area contributed by atoms with Gasteiger partial charge in [0.25, 0.3) is 0 Å². The minimum Gasteiger partial charge on any atom is -0.487 e. The first-order valence-electron chi connectivity index (χ1n) is 5.88. The number of aromatic nitrogens is 4. The van der Waals surface area contributed by atoms with Crippen LogP contribution in [0, 0.1) is 0 Å². The molecular formula is C14H12N4O. The lowest BCUT2D eigenvalue weighted by atomic mass is 10.1. The van der Waals surface area contributed by atoms with Gasteiger partial charge >= 0.3 is 0 Å². The van der Waals surface area contributed by atoms with Crippen LogP contribution < -0.4 is 4.74 Å². The predicted octanol–water partition coefficient (Wildman–Crippen LogP) is 2.45. The molecule has 2 heterocycles. The van der Waals surface area contributed by atoms with Crippen LogP contribution in [0.5, 0.6) is 5.75 Å². The molecular weight excluding hydrogens is 240 g/mol. The third-order valence-electron chi connectivity index (χ3n) is 2.70. The third-order valence-corrected chi connectivity index (χ3v) is 2.70. The van der Waals surface area contributed by atoms with Gasteiger partial charge in [-0.15, -0.1) is 0 Å². The fourth-order valence-corrected chi connectivity index (χ4v) is 1.79. The molecule has 0 saturated carbocycles. The quantitative estimate of drug-likeness (QED) is 0.774. The summed E-state index contributed by atoms with van der Waals surface area (Å²) in [5.41, 5.74) is 2.84. The third kappa shape index (κ3) is 2.60. The number of imidazole rings is 1. The predicted molar refractivity (Wildman–Crippen MR) is 70.4 cm³/mol. The van der Waals surface area contributed by atoms with Crippen LogP contribution in [0.4, 0.5) is 0 Å². The number of nitrogens with zero attached hydrogens (tertiary/aromatic N) is 3. The number of nitrogens with one attached hydrogen (secondary N) is 1. The van der Waals surface area contributed by atoms with Gasteiger partial charge in [0, 0.05) is 23.5 Å². The van der Waals surface area contributed by atoms with Gasteiger partial charge in [0.2, 0.25) is 0 Å². The number of hydrogen-bond acceptors (Lipinski definition) is 4. The van der Waals surface area contributed by atoms with E-state index >= 15 is 0 Å². The number of rotatable bonds is 4. The summed E-state index contributed by atoms with van der Waals surface area (Å²) in [6.07, 6.45) is 8.43. The number of para-hydroxylation sites is 1. The lowest BCUT2D eigenvalue weighted by Crippen LogP contribution is -1.97. The zero-order valence-electron chi connectivity index (χ0n) is 10.2. The molecule has 0 aliphatic heterocycles. The molecule has 0 bridgehead atoms. The van der Waals surface area contributed by atoms with Crippen molar-refractivity contribution in [2.24, 2.45) is 0 Å². The maximum Gasteiger partial charge on any atom is 0.130 e. The smallest absolute Gasteiger partial charge is 0.130 e. The van der Waals surface area contributed by atoms with Crippen LogP contribution in [-0.4, -0.2) is 19.9 Å². The average Bonchev–Trinajstić information content (AvgIpc) is 3.00. The Balaban J connectivity index is 1.85. The van der Waals surface area contributed by atoms with Crippen LogP contribution in [0.2, 0.25) is 0 Å². The van der Waals surface area contributed by atoms with E-state index in [-0.39, 0.29) is 0 Å². The summed E-state index contributed by atoms with van der Waals surface area (Å²) in [5, 5.41) is 0. The van der Waals surface area contributed by atoms with E-state index in [1.165, 1.54) is 6.33 Å². The summed E-state index contributed by atoms with van der Waals surface area (Å²) >= 11 is 0. The first-order valence-corrected chi connectivity index (χ1v) is 5.88. The van der Waals surface area contributed by atoms with Crippen LogP contribution in [0.3, 0.4) is 0 Å². The molecule has 0 unspecified atom stereocenters. The van der Waals surface area contributed by atoms with Crippen molar-refractivity contribution in [3.63, 3.8) is 0 Å². The molecule has 0 aliphatic rings. The van der Waals surface area contributed by atoms with Gasteiger partial charge in [-0.1, -0.05) is 18.2 Å². The molecule has 0 amide bonds. The molecule has 3 rings (SSSR count). The fraction of sp³-hybridized carbons (Fsp3) is 0.0714. The number of hydrogen-bond donors (Lipinski definition) is 1. The van der Waals surface area contributed by atoms with Crippen molar-refractivity contribution >= 4 is 0 Å². The van der Waals surface area contributed by atoms with Crippen LogP contribution >= 0.6 is 0 Å². The normalized spacial score (nSPS) is 10.3. The monoisotopic (exact) mass is 252 g/mol. The SMILES string of the molecule is c1ccc(-c2cncnc2)c(OCc2cnc[nH]2)c1. The van der Waals surface area contributed by atoms with Crippen molar-refractivity contribution in [3.8, 4) is 16.9 Å². The molecule has 1 aromatic carbocycles. The Morgan fingerprint density at radius 3 is 2.63 bits per heavy atom. The molecule has 0 radical (unpaired) electrons. The van der Waals surface area contributed by atoms with Crippen molar-refractivity contribution < 1.29 is 4.74 Å². The number of H-pyrrole nitrogens is 1. The van der Waals surface area contributed by atoms with Crippen LogP contribution in [-0.2, 0) is 6.61 Å². The Morgan fingerprint density at radius 2 is 1.84 bits per heavy atom. The van der Waals surface area contributed by atoms with Crippen molar-refractivity contribution in [1.82, 2.24) is 19.9 Å². The molecule has 5 nitrogen and oxygen atoms in total. The summed E-state index contributed by atoms with van der Waals surface area (Å²) in [6.45, 7) is 0.449. The summed E-state index contributed by atoms with van der Waals surface area (Å²) in [5.74, 6) is 0.798. The molecule has 1 N–H and O–H groups in total. The molecule has 94 valence electrons. The Morgan fingerprint density at radius 1 is 1.00 bits per heavy atom. The highest BCUT2D eigenvalue weighted by Crippen LogP contribution is 2.29. The van der Waals surface area contributed by atoms with Crippen LogP contribution in [0.15, 0.2) is 55.5 Å². The highest BCUT2D eigenvalue weighted by Gasteiger charge is 2.06. The van der Waals surface area contributed by atoms with E-state index in [1.54, 1.807) is 24.9 Å². The van der Waals surface area contributed by atoms with Gasteiger partial charge in [0.1, 0.15) is 18.7 Å². The zero-order valence-corrected chi connectivity index (χ0v) is 10.2. The highest BCUT2D eigenvalue weighted by atomic mass is 16.5. The Kier molecular flexibility index (Phi) is 3.18. The minimum atomic E-state index is 0.449. The maximum absolute atomic E-state index is 5.81. The second kappa shape index (κ2) is 5.30. The van der Waals surface area contributed by atoms with Gasteiger partial charge < -0.3 is 9.72 Å². The summed E-state index contributed by atoms with van der Waals surface area (Å²) in [4.78, 5) is 15.0. The van der Waals surface area contributed by atoms with Crippen LogP contribution in [0.1, 0.15) is 5.69 Å². The molecule has 19 heavy (non-hydrogen) atoms. The minimum absolute atomic E-state index is 0.449. The molecule has 0 saturated heterocycles. The molecule has 5 heteroatoms. The molecule has 0 fully saturated rings. The topological polar surface area (TPSA) is 63.7 Å². The zero-order chi connectivity index (χ0) is 12.9. The van der Waals surface area contributed by atoms with Crippen molar-refractivity contribution in [1.29, 1.82) is 0 Å². The number of ether oxygens (including phenoxy) is 1. The van der Waals surface area contributed by atoms with Gasteiger partial charge in [0.05, 0.1) is 18.2 Å². The lowest BCUT2D eigenvalue weighted by molar-refractivity contribution is 0.303. The van der Waals surface area contributed by atoms with Crippen molar-refractivity contribution in [3.05, 3.63) is 61.2 Å². The molecule has 0 atom stereocenters. The lowest BCUT2D eigenvalue weighted by Gasteiger charge is -2.10. The molecule has 0 aliphatic carbocycles. The van der Waals surface area contributed by atoms with E-state index in [2.05, 4.69) is 19.9 Å². The summed E-state index contributed by atoms with van der Waals surface area (Å²) in [7, 11) is 0. The molecule has 3 aromatic rings. The van der Waals surface area contributed by atoms with Gasteiger partial charge in [-0.05, 0) is 6.07 Å². The Hall–Kier alpha value is -2.69. The van der Waals surface area contributed by atoms with E-state index in [0.717, 1.165) is 22.6 Å². The summed E-state index contributed by atoms with van der Waals surface area (Å²) < 4.78 is 5.81. The second-order valence-electron chi connectivity index (χ2n) is 3.99. The highest BCUT2D eigenvalue weighted by molar-refractivity contribution is 5.68. The van der Waals surface area contributed by atoms with Crippen molar-refractivity contribution in [2.75, 3.05) is 0 Å². The summed E-state index contributed by atoms with van der Waals surface area (Å²) in [6, 6.07) is 7.82. The first kappa shape index (κ1) is 11.4. The van der Waals surface area contributed by atoms with E-state index in [1.807, 2.05) is 24.3 Å². The van der Waals surface area contributed by atoms with Crippen molar-refractivity contribution in [2.45, 2.75) is 6.61 Å². The van der Waals surface area contributed by atoms with Crippen LogP contribution in [0.25, 0.3) is 11.1 Å². The number of benzene rings is 1. The van der Waals surface area contributed by atoms with E-state index in [4.69, 9.17) is 4.74 Å². The molecule has 2 aromatic heterocycles. The van der Waals surface area contributed by atoms with Gasteiger partial charge in [0.15, 0.2) is 0 Å². The van der Waals surface area contributed by atoms with E-state index < -0.39 is 0 Å². The van der Waals surface area contributed by atoms with E-state index in [9.17, 15) is 0 Å². The second-order valence-corrected chi connectivity index (χ2v) is 3.99. The molecule has 0 spiro atoms. The average molecular weight is 252 g/mol. The number of aromatic amines is 1. The van der Waals surface area contributed by atoms with Gasteiger partial charge in [-0.3, -0.25) is 0 Å². The van der Waals surface area contributed by atoms with Gasteiger partial charge in [-0.25, -0.2) is 15.0 Å².